The highest BCUT2D eigenvalue weighted by molar-refractivity contribution is 4.88. The summed E-state index contributed by atoms with van der Waals surface area (Å²) in [6, 6.07) is 1.83. The Labute approximate surface area is 93.2 Å². The molecule has 4 unspecified atom stereocenters. The third-order valence-electron chi connectivity index (χ3n) is 3.84. The van der Waals surface area contributed by atoms with Crippen molar-refractivity contribution in [2.45, 2.75) is 57.8 Å². The fourth-order valence-corrected chi connectivity index (χ4v) is 2.81. The highest BCUT2D eigenvalue weighted by Crippen LogP contribution is 2.22. The van der Waals surface area contributed by atoms with Gasteiger partial charge in [-0.2, -0.15) is 0 Å². The first-order valence-electron chi connectivity index (χ1n) is 6.29. The molecule has 2 aliphatic rings. The first kappa shape index (κ1) is 11.4. The molecule has 3 heteroatoms. The molecule has 0 aromatic heterocycles. The van der Waals surface area contributed by atoms with Crippen LogP contribution in [0.3, 0.4) is 0 Å². The maximum atomic E-state index is 5.79. The van der Waals surface area contributed by atoms with Gasteiger partial charge in [-0.3, -0.25) is 4.90 Å². The van der Waals surface area contributed by atoms with Crippen molar-refractivity contribution in [1.29, 1.82) is 0 Å². The van der Waals surface area contributed by atoms with E-state index in [-0.39, 0.29) is 0 Å². The molecule has 88 valence electrons. The molecule has 0 spiro atoms. The van der Waals surface area contributed by atoms with Crippen LogP contribution in [0.1, 0.15) is 33.6 Å². The second-order valence-corrected chi connectivity index (χ2v) is 5.15. The summed E-state index contributed by atoms with van der Waals surface area (Å²) in [5.41, 5.74) is 0. The van der Waals surface area contributed by atoms with Crippen molar-refractivity contribution in [3.05, 3.63) is 0 Å². The van der Waals surface area contributed by atoms with Crippen LogP contribution in [0.2, 0.25) is 0 Å². The summed E-state index contributed by atoms with van der Waals surface area (Å²) in [6.07, 6.45) is 2.95. The number of rotatable bonds is 2. The molecule has 2 saturated heterocycles. The van der Waals surface area contributed by atoms with Gasteiger partial charge in [0.05, 0.1) is 6.10 Å². The zero-order chi connectivity index (χ0) is 10.8. The predicted octanol–water partition coefficient (Wildman–Crippen LogP) is 1.24. The van der Waals surface area contributed by atoms with E-state index in [0.717, 1.165) is 19.7 Å². The normalized spacial score (nSPS) is 40.6. The highest BCUT2D eigenvalue weighted by Gasteiger charge is 2.32. The van der Waals surface area contributed by atoms with Crippen molar-refractivity contribution in [3.8, 4) is 0 Å². The first-order valence-corrected chi connectivity index (χ1v) is 6.29. The molecule has 0 saturated carbocycles. The van der Waals surface area contributed by atoms with Crippen molar-refractivity contribution in [2.75, 3.05) is 19.7 Å². The first-order chi connectivity index (χ1) is 7.18. The van der Waals surface area contributed by atoms with Gasteiger partial charge in [0.25, 0.3) is 0 Å². The zero-order valence-corrected chi connectivity index (χ0v) is 10.2. The minimum absolute atomic E-state index is 0.470. The summed E-state index contributed by atoms with van der Waals surface area (Å²) in [5.74, 6) is 0. The van der Waals surface area contributed by atoms with Crippen LogP contribution >= 0.6 is 0 Å². The lowest BCUT2D eigenvalue weighted by atomic mass is 10.0. The zero-order valence-electron chi connectivity index (χ0n) is 10.2. The van der Waals surface area contributed by atoms with Gasteiger partial charge in [0, 0.05) is 37.8 Å². The smallest absolute Gasteiger partial charge is 0.0728 e. The topological polar surface area (TPSA) is 24.5 Å². The Hall–Kier alpha value is -0.120. The van der Waals surface area contributed by atoms with Crippen LogP contribution in [0.25, 0.3) is 0 Å². The van der Waals surface area contributed by atoms with Gasteiger partial charge in [0.2, 0.25) is 0 Å². The van der Waals surface area contributed by atoms with Gasteiger partial charge in [-0.25, -0.2) is 0 Å². The summed E-state index contributed by atoms with van der Waals surface area (Å²) in [4.78, 5) is 2.61. The Bertz CT molecular complexity index is 204. The molecule has 3 nitrogen and oxygen atoms in total. The van der Waals surface area contributed by atoms with E-state index in [0.29, 0.717) is 24.2 Å². The van der Waals surface area contributed by atoms with Crippen LogP contribution in [-0.2, 0) is 4.74 Å². The van der Waals surface area contributed by atoms with Crippen LogP contribution < -0.4 is 5.32 Å². The summed E-state index contributed by atoms with van der Waals surface area (Å²) in [6.45, 7) is 10.1. The number of piperazine rings is 1. The second kappa shape index (κ2) is 4.81. The van der Waals surface area contributed by atoms with E-state index in [1.807, 2.05) is 0 Å². The molecule has 0 radical (unpaired) electrons. The van der Waals surface area contributed by atoms with E-state index < -0.39 is 0 Å². The molecular formula is C12H24N2O. The quantitative estimate of drug-likeness (QED) is 0.745. The van der Waals surface area contributed by atoms with Crippen LogP contribution in [0.4, 0.5) is 0 Å². The van der Waals surface area contributed by atoms with Gasteiger partial charge in [-0.1, -0.05) is 0 Å². The second-order valence-electron chi connectivity index (χ2n) is 5.15. The molecular weight excluding hydrogens is 188 g/mol. The molecule has 0 bridgehead atoms. The van der Waals surface area contributed by atoms with Gasteiger partial charge >= 0.3 is 0 Å². The third kappa shape index (κ3) is 2.52. The Morgan fingerprint density at radius 2 is 2.20 bits per heavy atom. The van der Waals surface area contributed by atoms with Gasteiger partial charge < -0.3 is 10.1 Å². The summed E-state index contributed by atoms with van der Waals surface area (Å²) < 4.78 is 5.79. The fourth-order valence-electron chi connectivity index (χ4n) is 2.81. The number of nitrogens with one attached hydrogen (secondary N) is 1. The number of hydrogen-bond donors (Lipinski definition) is 1. The van der Waals surface area contributed by atoms with Gasteiger partial charge in [0.1, 0.15) is 0 Å². The van der Waals surface area contributed by atoms with E-state index in [1.165, 1.54) is 12.8 Å². The van der Waals surface area contributed by atoms with Gasteiger partial charge in [0.15, 0.2) is 0 Å². The van der Waals surface area contributed by atoms with Crippen LogP contribution in [0.5, 0.6) is 0 Å². The molecule has 0 amide bonds. The number of hydrogen-bond acceptors (Lipinski definition) is 3. The van der Waals surface area contributed by atoms with Crippen molar-refractivity contribution in [3.63, 3.8) is 0 Å². The molecule has 4 atom stereocenters. The van der Waals surface area contributed by atoms with Gasteiger partial charge in [-0.05, 0) is 33.6 Å². The molecule has 0 aromatic rings. The molecule has 2 fully saturated rings. The maximum Gasteiger partial charge on any atom is 0.0728 e. The SMILES string of the molecule is CC1CN(C(C)C2CCCO2)C(C)CN1. The Balaban J connectivity index is 1.94. The van der Waals surface area contributed by atoms with Crippen LogP contribution in [0, 0.1) is 0 Å². The molecule has 2 rings (SSSR count). The lowest BCUT2D eigenvalue weighted by Gasteiger charge is -2.43. The lowest BCUT2D eigenvalue weighted by Crippen LogP contribution is -2.59. The molecule has 15 heavy (non-hydrogen) atoms. The van der Waals surface area contributed by atoms with Crippen LogP contribution in [-0.4, -0.2) is 48.8 Å². The minimum atomic E-state index is 0.470. The van der Waals surface area contributed by atoms with E-state index in [4.69, 9.17) is 4.74 Å². The largest absolute Gasteiger partial charge is 0.377 e. The summed E-state index contributed by atoms with van der Waals surface area (Å²) >= 11 is 0. The molecule has 2 heterocycles. The molecule has 2 aliphatic heterocycles. The molecule has 0 aromatic carbocycles. The van der Waals surface area contributed by atoms with Crippen LogP contribution in [0.15, 0.2) is 0 Å². The van der Waals surface area contributed by atoms with E-state index in [2.05, 4.69) is 31.0 Å². The number of ether oxygens (including phenoxy) is 1. The summed E-state index contributed by atoms with van der Waals surface area (Å²) in [5, 5.41) is 3.52. The Morgan fingerprint density at radius 1 is 1.40 bits per heavy atom. The molecule has 0 aliphatic carbocycles. The predicted molar refractivity (Wildman–Crippen MR) is 62.1 cm³/mol. The van der Waals surface area contributed by atoms with Gasteiger partial charge in [-0.15, -0.1) is 0 Å². The lowest BCUT2D eigenvalue weighted by molar-refractivity contribution is 0.00125. The van der Waals surface area contributed by atoms with E-state index in [9.17, 15) is 0 Å². The average Bonchev–Trinajstić information content (AvgIpc) is 2.74. The monoisotopic (exact) mass is 212 g/mol. The molecule has 1 N–H and O–H groups in total. The number of nitrogens with zero attached hydrogens (tertiary/aromatic N) is 1. The van der Waals surface area contributed by atoms with Crippen molar-refractivity contribution in [1.82, 2.24) is 10.2 Å². The van der Waals surface area contributed by atoms with E-state index in [1.54, 1.807) is 0 Å². The fraction of sp³-hybridized carbons (Fsp3) is 1.00. The third-order valence-corrected chi connectivity index (χ3v) is 3.84. The standard InChI is InChI=1S/C12H24N2O/c1-9-8-14(10(2)7-13-9)11(3)12-5-4-6-15-12/h9-13H,4-8H2,1-3H3. The van der Waals surface area contributed by atoms with Crippen molar-refractivity contribution < 1.29 is 4.74 Å². The minimum Gasteiger partial charge on any atom is -0.377 e. The average molecular weight is 212 g/mol. The summed E-state index contributed by atoms with van der Waals surface area (Å²) in [7, 11) is 0. The maximum absolute atomic E-state index is 5.79. The highest BCUT2D eigenvalue weighted by atomic mass is 16.5. The van der Waals surface area contributed by atoms with E-state index >= 15 is 0 Å². The Morgan fingerprint density at radius 3 is 2.87 bits per heavy atom. The van der Waals surface area contributed by atoms with Crippen molar-refractivity contribution in [2.24, 2.45) is 0 Å². The Kier molecular flexibility index (Phi) is 3.65. The van der Waals surface area contributed by atoms with Crippen molar-refractivity contribution >= 4 is 0 Å².